The fraction of sp³-hybridized carbons (Fsp3) is 1.00. The van der Waals surface area contributed by atoms with Crippen LogP contribution in [-0.4, -0.2) is 48.6 Å². The van der Waals surface area contributed by atoms with Crippen molar-refractivity contribution in [2.45, 2.75) is 38.6 Å². The topological polar surface area (TPSA) is 6.48 Å². The highest BCUT2D eigenvalue weighted by atomic mass is 15.2. The van der Waals surface area contributed by atoms with E-state index in [1.165, 1.54) is 58.4 Å². The Bertz CT molecular complexity index is 144. The highest BCUT2D eigenvalue weighted by Crippen LogP contribution is 2.20. The molecule has 0 N–H and O–H groups in total. The van der Waals surface area contributed by atoms with Crippen molar-refractivity contribution in [3.63, 3.8) is 0 Å². The van der Waals surface area contributed by atoms with Crippen LogP contribution >= 0.6 is 0 Å². The number of rotatable bonds is 2. The van der Waals surface area contributed by atoms with Crippen LogP contribution in [0.2, 0.25) is 0 Å². The molecule has 0 spiro atoms. The van der Waals surface area contributed by atoms with Gasteiger partial charge in [0.2, 0.25) is 0 Å². The van der Waals surface area contributed by atoms with Gasteiger partial charge in [0.1, 0.15) is 0 Å². The Morgan fingerprint density at radius 1 is 1.00 bits per heavy atom. The van der Waals surface area contributed by atoms with E-state index in [4.69, 9.17) is 0 Å². The second-order valence-electron chi connectivity index (χ2n) is 4.41. The molecular formula is C11H22N2. The lowest BCUT2D eigenvalue weighted by Gasteiger charge is -2.36. The molecule has 76 valence electrons. The second kappa shape index (κ2) is 4.43. The molecule has 0 bridgehead atoms. The third kappa shape index (κ3) is 2.23. The quantitative estimate of drug-likeness (QED) is 0.639. The molecule has 2 nitrogen and oxygen atoms in total. The van der Waals surface area contributed by atoms with Crippen LogP contribution in [0.3, 0.4) is 0 Å². The average Bonchev–Trinajstić information content (AvgIpc) is 2.71. The molecule has 2 saturated heterocycles. The Balaban J connectivity index is 1.77. The predicted octanol–water partition coefficient (Wildman–Crippen LogP) is 1.57. The Morgan fingerprint density at radius 2 is 1.62 bits per heavy atom. The first-order valence-corrected chi connectivity index (χ1v) is 5.86. The predicted molar refractivity (Wildman–Crippen MR) is 55.9 cm³/mol. The number of likely N-dealkylation sites (tertiary alicyclic amines) is 2. The normalized spacial score (nSPS) is 28.4. The van der Waals surface area contributed by atoms with E-state index < -0.39 is 0 Å². The van der Waals surface area contributed by atoms with E-state index in [0.29, 0.717) is 0 Å². The smallest absolute Gasteiger partial charge is 0.0120 e. The van der Waals surface area contributed by atoms with Crippen LogP contribution in [0, 0.1) is 0 Å². The van der Waals surface area contributed by atoms with E-state index in [0.717, 1.165) is 6.04 Å². The van der Waals surface area contributed by atoms with Gasteiger partial charge in [0.25, 0.3) is 0 Å². The molecule has 0 saturated carbocycles. The molecule has 2 fully saturated rings. The SMILES string of the molecule is CCN1CCC(N2CCCC2)CC1. The summed E-state index contributed by atoms with van der Waals surface area (Å²) < 4.78 is 0. The molecule has 2 aliphatic heterocycles. The standard InChI is InChI=1S/C11H22N2/c1-2-12-9-5-11(6-10-12)13-7-3-4-8-13/h11H,2-10H2,1H3. The molecule has 2 rings (SSSR count). The summed E-state index contributed by atoms with van der Waals surface area (Å²) in [6, 6.07) is 0.922. The number of piperidine rings is 1. The molecule has 2 heterocycles. The molecule has 0 aromatic rings. The van der Waals surface area contributed by atoms with Crippen LogP contribution in [0.5, 0.6) is 0 Å². The maximum Gasteiger partial charge on any atom is 0.0120 e. The van der Waals surface area contributed by atoms with Crippen LogP contribution in [-0.2, 0) is 0 Å². The summed E-state index contributed by atoms with van der Waals surface area (Å²) >= 11 is 0. The van der Waals surface area contributed by atoms with Crippen molar-refractivity contribution in [3.05, 3.63) is 0 Å². The van der Waals surface area contributed by atoms with Crippen LogP contribution in [0.4, 0.5) is 0 Å². The first-order chi connectivity index (χ1) is 6.40. The zero-order valence-electron chi connectivity index (χ0n) is 8.84. The van der Waals surface area contributed by atoms with E-state index in [1.54, 1.807) is 0 Å². The van der Waals surface area contributed by atoms with Crippen LogP contribution < -0.4 is 0 Å². The van der Waals surface area contributed by atoms with Gasteiger partial charge in [-0.1, -0.05) is 6.92 Å². The largest absolute Gasteiger partial charge is 0.303 e. The zero-order chi connectivity index (χ0) is 9.10. The zero-order valence-corrected chi connectivity index (χ0v) is 8.84. The van der Waals surface area contributed by atoms with Gasteiger partial charge < -0.3 is 9.80 Å². The van der Waals surface area contributed by atoms with Gasteiger partial charge in [-0.3, -0.25) is 0 Å². The van der Waals surface area contributed by atoms with Gasteiger partial charge in [0, 0.05) is 6.04 Å². The van der Waals surface area contributed by atoms with Gasteiger partial charge >= 0.3 is 0 Å². The van der Waals surface area contributed by atoms with E-state index in [9.17, 15) is 0 Å². The van der Waals surface area contributed by atoms with E-state index in [2.05, 4.69) is 16.7 Å². The van der Waals surface area contributed by atoms with Crippen molar-refractivity contribution in [1.82, 2.24) is 9.80 Å². The van der Waals surface area contributed by atoms with Gasteiger partial charge in [-0.05, 0) is 58.4 Å². The molecule has 2 aliphatic rings. The lowest BCUT2D eigenvalue weighted by Crippen LogP contribution is -2.43. The van der Waals surface area contributed by atoms with E-state index in [1.807, 2.05) is 0 Å². The Morgan fingerprint density at radius 3 is 2.15 bits per heavy atom. The summed E-state index contributed by atoms with van der Waals surface area (Å²) in [6.07, 6.45) is 5.70. The minimum atomic E-state index is 0.922. The molecule has 0 atom stereocenters. The van der Waals surface area contributed by atoms with Gasteiger partial charge in [-0.15, -0.1) is 0 Å². The lowest BCUT2D eigenvalue weighted by atomic mass is 10.0. The van der Waals surface area contributed by atoms with Crippen LogP contribution in [0.1, 0.15) is 32.6 Å². The summed E-state index contributed by atoms with van der Waals surface area (Å²) in [7, 11) is 0. The highest BCUT2D eigenvalue weighted by molar-refractivity contribution is 4.81. The first kappa shape index (κ1) is 9.47. The maximum absolute atomic E-state index is 2.72. The van der Waals surface area contributed by atoms with Crippen molar-refractivity contribution >= 4 is 0 Å². The number of hydrogen-bond acceptors (Lipinski definition) is 2. The Labute approximate surface area is 81.9 Å². The first-order valence-electron chi connectivity index (χ1n) is 5.86. The van der Waals surface area contributed by atoms with Crippen molar-refractivity contribution in [2.24, 2.45) is 0 Å². The van der Waals surface area contributed by atoms with Gasteiger partial charge in [0.15, 0.2) is 0 Å². The number of hydrogen-bond donors (Lipinski definition) is 0. The van der Waals surface area contributed by atoms with E-state index >= 15 is 0 Å². The monoisotopic (exact) mass is 182 g/mol. The molecule has 0 aromatic heterocycles. The van der Waals surface area contributed by atoms with Gasteiger partial charge in [0.05, 0.1) is 0 Å². The fourth-order valence-electron chi connectivity index (χ4n) is 2.71. The summed E-state index contributed by atoms with van der Waals surface area (Å²) in [6.45, 7) is 8.92. The van der Waals surface area contributed by atoms with Crippen LogP contribution in [0.15, 0.2) is 0 Å². The highest BCUT2D eigenvalue weighted by Gasteiger charge is 2.25. The molecule has 2 heteroatoms. The van der Waals surface area contributed by atoms with E-state index in [-0.39, 0.29) is 0 Å². The minimum absolute atomic E-state index is 0.922. The maximum atomic E-state index is 2.72. The lowest BCUT2D eigenvalue weighted by molar-refractivity contribution is 0.131. The molecule has 0 aliphatic carbocycles. The average molecular weight is 182 g/mol. The fourth-order valence-corrected chi connectivity index (χ4v) is 2.71. The van der Waals surface area contributed by atoms with Crippen molar-refractivity contribution in [1.29, 1.82) is 0 Å². The summed E-state index contributed by atoms with van der Waals surface area (Å²) in [5, 5.41) is 0. The molecule has 0 unspecified atom stereocenters. The van der Waals surface area contributed by atoms with Gasteiger partial charge in [-0.25, -0.2) is 0 Å². The second-order valence-corrected chi connectivity index (χ2v) is 4.41. The molecule has 0 amide bonds. The summed E-state index contributed by atoms with van der Waals surface area (Å²) in [4.78, 5) is 5.29. The Hall–Kier alpha value is -0.0800. The molecular weight excluding hydrogens is 160 g/mol. The molecule has 0 aromatic carbocycles. The van der Waals surface area contributed by atoms with Crippen molar-refractivity contribution in [2.75, 3.05) is 32.7 Å². The minimum Gasteiger partial charge on any atom is -0.303 e. The van der Waals surface area contributed by atoms with Crippen molar-refractivity contribution in [3.8, 4) is 0 Å². The summed E-state index contributed by atoms with van der Waals surface area (Å²) in [5.74, 6) is 0. The Kier molecular flexibility index (Phi) is 3.23. The molecule has 0 radical (unpaired) electrons. The molecule has 13 heavy (non-hydrogen) atoms. The summed E-state index contributed by atoms with van der Waals surface area (Å²) in [5.41, 5.74) is 0. The van der Waals surface area contributed by atoms with Crippen molar-refractivity contribution < 1.29 is 0 Å². The van der Waals surface area contributed by atoms with Crippen LogP contribution in [0.25, 0.3) is 0 Å². The third-order valence-corrected chi connectivity index (χ3v) is 3.66. The number of nitrogens with zero attached hydrogens (tertiary/aromatic N) is 2. The third-order valence-electron chi connectivity index (χ3n) is 3.66. The van der Waals surface area contributed by atoms with Gasteiger partial charge in [-0.2, -0.15) is 0 Å².